The van der Waals surface area contributed by atoms with Crippen LogP contribution in [-0.2, 0) is 0 Å². The summed E-state index contributed by atoms with van der Waals surface area (Å²) in [6.07, 6.45) is 0. The Morgan fingerprint density at radius 1 is 0.367 bits per heavy atom. The zero-order valence-electron chi connectivity index (χ0n) is 33.9. The zero-order chi connectivity index (χ0) is 41.1. The normalized spacial score (nSPS) is 11.5. The Hall–Kier alpha value is -6.72. The van der Waals surface area contributed by atoms with Gasteiger partial charge in [-0.15, -0.1) is 0 Å². The summed E-state index contributed by atoms with van der Waals surface area (Å²) < 4.78 is 53.4. The first-order valence-electron chi connectivity index (χ1n) is 19.6. The van der Waals surface area contributed by atoms with E-state index in [0.717, 1.165) is 65.3 Å². The molecule has 10 rings (SSSR count). The lowest BCUT2D eigenvalue weighted by atomic mass is 9.93. The Labute approximate surface area is 347 Å². The van der Waals surface area contributed by atoms with Gasteiger partial charge in [-0.3, -0.25) is 0 Å². The van der Waals surface area contributed by atoms with Crippen LogP contribution in [0.3, 0.4) is 0 Å². The SMILES string of the molecule is COc1c(C)cc(C)c(Op2oc3ccccc3c3ccccc3o2)c1-c1c(OC)c(C)cc(C)c1Op1oc2ccc3ccccc3c2c2c(ccc3ccccc32)o1. The second kappa shape index (κ2) is 15.1. The number of para-hydroxylation sites is 2. The number of ether oxygens (including phenoxy) is 2. The summed E-state index contributed by atoms with van der Waals surface area (Å²) in [5.74, 6) is 2.16. The molecule has 10 heteroatoms. The van der Waals surface area contributed by atoms with Gasteiger partial charge in [0, 0.05) is 21.5 Å². The topological polar surface area (TPSA) is 89.5 Å². The van der Waals surface area contributed by atoms with Crippen LogP contribution in [0.15, 0.2) is 150 Å². The fraction of sp³-hybridized carbons (Fsp3) is 0.120. The lowest BCUT2D eigenvalue weighted by molar-refractivity contribution is 0.402. The second-order valence-corrected chi connectivity index (χ2v) is 16.8. The van der Waals surface area contributed by atoms with Crippen molar-refractivity contribution in [3.63, 3.8) is 0 Å². The predicted octanol–water partition coefficient (Wildman–Crippen LogP) is 15.8. The first-order chi connectivity index (χ1) is 29.3. The average Bonchev–Trinajstić information content (AvgIpc) is 3.53. The number of aryl methyl sites for hydroxylation is 4. The van der Waals surface area contributed by atoms with Crippen molar-refractivity contribution in [1.82, 2.24) is 0 Å². The van der Waals surface area contributed by atoms with Crippen molar-refractivity contribution in [2.75, 3.05) is 14.2 Å². The molecule has 0 radical (unpaired) electrons. The van der Waals surface area contributed by atoms with Gasteiger partial charge in [-0.25, -0.2) is 0 Å². The summed E-state index contributed by atoms with van der Waals surface area (Å²) in [6.45, 7) is 8.03. The maximum absolute atomic E-state index is 7.10. The average molecular weight is 831 g/mol. The Balaban J connectivity index is 1.25. The molecule has 0 aliphatic carbocycles. The maximum Gasteiger partial charge on any atom is 0.453 e. The van der Waals surface area contributed by atoms with E-state index in [1.807, 2.05) is 125 Å². The first-order valence-corrected chi connectivity index (χ1v) is 21.8. The van der Waals surface area contributed by atoms with Gasteiger partial charge in [0.05, 0.1) is 25.3 Å². The Bertz CT molecular complexity index is 3270. The highest BCUT2D eigenvalue weighted by Crippen LogP contribution is 2.56. The van der Waals surface area contributed by atoms with Gasteiger partial charge in [0.25, 0.3) is 0 Å². The van der Waals surface area contributed by atoms with E-state index in [4.69, 9.17) is 35.3 Å². The lowest BCUT2D eigenvalue weighted by Crippen LogP contribution is -2.02. The molecule has 298 valence electrons. The van der Waals surface area contributed by atoms with Crippen molar-refractivity contribution in [3.05, 3.63) is 156 Å². The molecule has 2 heterocycles. The molecule has 0 unspecified atom stereocenters. The largest absolute Gasteiger partial charge is 0.496 e. The molecule has 0 spiro atoms. The summed E-state index contributed by atoms with van der Waals surface area (Å²) in [7, 11) is -0.825. The van der Waals surface area contributed by atoms with Crippen LogP contribution in [0.25, 0.3) is 76.5 Å². The van der Waals surface area contributed by atoms with Gasteiger partial charge in [0.15, 0.2) is 11.5 Å². The van der Waals surface area contributed by atoms with E-state index in [-0.39, 0.29) is 0 Å². The van der Waals surface area contributed by atoms with Crippen molar-refractivity contribution in [2.24, 2.45) is 0 Å². The van der Waals surface area contributed by atoms with Crippen LogP contribution >= 0.6 is 16.5 Å². The van der Waals surface area contributed by atoms with E-state index in [1.165, 1.54) is 0 Å². The van der Waals surface area contributed by atoms with E-state index in [1.54, 1.807) is 14.2 Å². The molecule has 10 aromatic rings. The van der Waals surface area contributed by atoms with Crippen molar-refractivity contribution < 1.29 is 35.3 Å². The fourth-order valence-corrected chi connectivity index (χ4v) is 10.7. The Morgan fingerprint density at radius 3 is 1.13 bits per heavy atom. The monoisotopic (exact) mass is 830 g/mol. The lowest BCUT2D eigenvalue weighted by Gasteiger charge is -2.23. The molecule has 0 aliphatic rings. The Morgan fingerprint density at radius 2 is 0.717 bits per heavy atom. The molecule has 0 amide bonds. The van der Waals surface area contributed by atoms with Gasteiger partial charge in [0.2, 0.25) is 0 Å². The summed E-state index contributed by atoms with van der Waals surface area (Å²) in [6, 6.07) is 44.6. The number of methoxy groups -OCH3 is 2. The van der Waals surface area contributed by atoms with Crippen LogP contribution in [0.5, 0.6) is 23.0 Å². The van der Waals surface area contributed by atoms with Crippen LogP contribution in [0.1, 0.15) is 22.3 Å². The molecular weight excluding hydrogens is 790 g/mol. The molecule has 0 atom stereocenters. The minimum Gasteiger partial charge on any atom is -0.496 e. The van der Waals surface area contributed by atoms with Crippen LogP contribution in [-0.4, -0.2) is 14.2 Å². The maximum atomic E-state index is 7.10. The van der Waals surface area contributed by atoms with Gasteiger partial charge in [0.1, 0.15) is 33.8 Å². The molecule has 2 aromatic heterocycles. The van der Waals surface area contributed by atoms with Crippen LogP contribution in [0, 0.1) is 27.7 Å². The minimum atomic E-state index is -2.11. The molecule has 0 fully saturated rings. The molecule has 60 heavy (non-hydrogen) atoms. The highest BCUT2D eigenvalue weighted by Gasteiger charge is 2.30. The van der Waals surface area contributed by atoms with Crippen LogP contribution < -0.4 is 18.5 Å². The summed E-state index contributed by atoms with van der Waals surface area (Å²) in [5.41, 5.74) is 7.34. The zero-order valence-corrected chi connectivity index (χ0v) is 35.7. The third kappa shape index (κ3) is 6.31. The van der Waals surface area contributed by atoms with E-state index >= 15 is 0 Å². The van der Waals surface area contributed by atoms with E-state index in [9.17, 15) is 0 Å². The summed E-state index contributed by atoms with van der Waals surface area (Å²) in [4.78, 5) is 0. The summed E-state index contributed by atoms with van der Waals surface area (Å²) >= 11 is 0. The molecule has 0 aliphatic heterocycles. The minimum absolute atomic E-state index is 0.495. The molecule has 0 saturated heterocycles. The molecular formula is C50H40O8P2. The van der Waals surface area contributed by atoms with Gasteiger partial charge < -0.3 is 35.3 Å². The van der Waals surface area contributed by atoms with E-state index in [2.05, 4.69) is 36.4 Å². The number of hydrogen-bond donors (Lipinski definition) is 0. The van der Waals surface area contributed by atoms with Crippen LogP contribution in [0.2, 0.25) is 0 Å². The van der Waals surface area contributed by atoms with E-state index in [0.29, 0.717) is 56.5 Å². The first kappa shape index (κ1) is 37.5. The van der Waals surface area contributed by atoms with Crippen LogP contribution in [0.4, 0.5) is 0 Å². The third-order valence-corrected chi connectivity index (χ3v) is 13.0. The van der Waals surface area contributed by atoms with Gasteiger partial charge in [-0.1, -0.05) is 97.1 Å². The number of fused-ring (bicyclic) bond motifs is 10. The number of hydrogen-bond acceptors (Lipinski definition) is 8. The van der Waals surface area contributed by atoms with Gasteiger partial charge >= 0.3 is 16.5 Å². The highest BCUT2D eigenvalue weighted by molar-refractivity contribution is 7.32. The quantitative estimate of drug-likeness (QED) is 0.157. The molecule has 0 bridgehead atoms. The smallest absolute Gasteiger partial charge is 0.453 e. The summed E-state index contributed by atoms with van der Waals surface area (Å²) in [5, 5.41) is 8.04. The van der Waals surface area contributed by atoms with Crippen molar-refractivity contribution >= 4 is 81.9 Å². The number of rotatable bonds is 7. The predicted molar refractivity (Wildman–Crippen MR) is 244 cm³/mol. The molecule has 8 nitrogen and oxygen atoms in total. The second-order valence-electron chi connectivity index (χ2n) is 14.8. The Kier molecular flexibility index (Phi) is 9.48. The number of benzene rings is 8. The fourth-order valence-electron chi connectivity index (χ4n) is 8.41. The van der Waals surface area contributed by atoms with Gasteiger partial charge in [-0.05, 0) is 108 Å². The molecule has 0 N–H and O–H groups in total. The van der Waals surface area contributed by atoms with E-state index < -0.39 is 16.5 Å². The molecule has 8 aromatic carbocycles. The molecule has 0 saturated carbocycles. The third-order valence-electron chi connectivity index (χ3n) is 11.0. The van der Waals surface area contributed by atoms with Gasteiger partial charge in [-0.2, -0.15) is 0 Å². The highest BCUT2D eigenvalue weighted by atomic mass is 31.1. The van der Waals surface area contributed by atoms with Crippen molar-refractivity contribution in [3.8, 4) is 34.1 Å². The van der Waals surface area contributed by atoms with Crippen molar-refractivity contribution in [2.45, 2.75) is 27.7 Å². The standard InChI is InChI=1S/C50H40O8P2/c1-29-27-31(3)49(57-59-53-39-21-13-11-19-37(39)38-20-12-14-22-40(38)54-59)45(47(29)51-5)46-48(52-6)30(2)28-32(4)50(46)58-60-55-41-25-23-33-15-7-9-17-35(33)43(41)44-36-18-10-8-16-34(36)24-26-42(44)56-60/h7-28H,1-6H3. The van der Waals surface area contributed by atoms with Crippen molar-refractivity contribution in [1.29, 1.82) is 0 Å².